The van der Waals surface area contributed by atoms with E-state index in [9.17, 15) is 0 Å². The van der Waals surface area contributed by atoms with Gasteiger partial charge in [0.25, 0.3) is 0 Å². The molecule has 1 atom stereocenters. The normalized spacial score (nSPS) is 24.6. The van der Waals surface area contributed by atoms with E-state index < -0.39 is 0 Å². The van der Waals surface area contributed by atoms with E-state index in [0.717, 1.165) is 0 Å². The smallest absolute Gasteiger partial charge is 0.0585 e. The van der Waals surface area contributed by atoms with Crippen molar-refractivity contribution in [3.05, 3.63) is 0 Å². The summed E-state index contributed by atoms with van der Waals surface area (Å²) in [6.45, 7) is 0.157. The SMILES string of the molecule is NC(CO)C1CCCCC1. The molecule has 1 saturated carbocycles. The molecule has 0 aromatic heterocycles. The molecule has 3 N–H and O–H groups in total. The van der Waals surface area contributed by atoms with Gasteiger partial charge >= 0.3 is 0 Å². The molecule has 2 nitrogen and oxygen atoms in total. The van der Waals surface area contributed by atoms with E-state index in [-0.39, 0.29) is 12.6 Å². The molecule has 2 heteroatoms. The first-order chi connectivity index (χ1) is 4.84. The zero-order valence-electron chi connectivity index (χ0n) is 6.42. The zero-order valence-corrected chi connectivity index (χ0v) is 6.42. The average Bonchev–Trinajstić information content (AvgIpc) is 2.05. The summed E-state index contributed by atoms with van der Waals surface area (Å²) in [4.78, 5) is 0. The molecule has 1 unspecified atom stereocenters. The van der Waals surface area contributed by atoms with Gasteiger partial charge in [0, 0.05) is 6.04 Å². The van der Waals surface area contributed by atoms with Crippen LogP contribution in [0.5, 0.6) is 0 Å². The van der Waals surface area contributed by atoms with E-state index in [0.29, 0.717) is 5.92 Å². The van der Waals surface area contributed by atoms with Crippen LogP contribution in [0, 0.1) is 5.92 Å². The van der Waals surface area contributed by atoms with Gasteiger partial charge in [0.1, 0.15) is 0 Å². The molecular weight excluding hydrogens is 126 g/mol. The monoisotopic (exact) mass is 143 g/mol. The van der Waals surface area contributed by atoms with Gasteiger partial charge < -0.3 is 10.8 Å². The third-order valence-electron chi connectivity index (χ3n) is 2.47. The quantitative estimate of drug-likeness (QED) is 0.603. The molecule has 0 saturated heterocycles. The van der Waals surface area contributed by atoms with Crippen molar-refractivity contribution in [3.8, 4) is 0 Å². The molecule has 0 heterocycles. The highest BCUT2D eigenvalue weighted by Crippen LogP contribution is 2.25. The summed E-state index contributed by atoms with van der Waals surface area (Å²) in [6, 6.07) is 0.0419. The molecule has 0 amide bonds. The van der Waals surface area contributed by atoms with Gasteiger partial charge in [-0.3, -0.25) is 0 Å². The van der Waals surface area contributed by atoms with Gasteiger partial charge in [-0.15, -0.1) is 0 Å². The van der Waals surface area contributed by atoms with Crippen LogP contribution in [-0.2, 0) is 0 Å². The molecular formula is C8H17NO. The third-order valence-corrected chi connectivity index (χ3v) is 2.47. The van der Waals surface area contributed by atoms with E-state index in [1.165, 1.54) is 32.1 Å². The van der Waals surface area contributed by atoms with E-state index in [2.05, 4.69) is 0 Å². The van der Waals surface area contributed by atoms with Crippen LogP contribution in [0.1, 0.15) is 32.1 Å². The van der Waals surface area contributed by atoms with Gasteiger partial charge in [-0.25, -0.2) is 0 Å². The lowest BCUT2D eigenvalue weighted by Gasteiger charge is -2.25. The van der Waals surface area contributed by atoms with Crippen LogP contribution in [0.25, 0.3) is 0 Å². The van der Waals surface area contributed by atoms with Crippen LogP contribution in [0.3, 0.4) is 0 Å². The molecule has 0 aromatic rings. The van der Waals surface area contributed by atoms with Crippen molar-refractivity contribution >= 4 is 0 Å². The Balaban J connectivity index is 2.24. The average molecular weight is 143 g/mol. The molecule has 0 aromatic carbocycles. The Morgan fingerprint density at radius 2 is 1.90 bits per heavy atom. The Hall–Kier alpha value is -0.0800. The molecule has 0 radical (unpaired) electrons. The lowest BCUT2D eigenvalue weighted by atomic mass is 9.85. The Labute approximate surface area is 62.4 Å². The number of hydrogen-bond acceptors (Lipinski definition) is 2. The molecule has 10 heavy (non-hydrogen) atoms. The molecule has 60 valence electrons. The molecule has 1 aliphatic rings. The Kier molecular flexibility index (Phi) is 3.16. The summed E-state index contributed by atoms with van der Waals surface area (Å²) < 4.78 is 0. The number of nitrogens with two attached hydrogens (primary N) is 1. The summed E-state index contributed by atoms with van der Waals surface area (Å²) in [6.07, 6.45) is 6.41. The van der Waals surface area contributed by atoms with Crippen molar-refractivity contribution in [1.29, 1.82) is 0 Å². The fourth-order valence-corrected chi connectivity index (χ4v) is 1.71. The van der Waals surface area contributed by atoms with E-state index in [1.54, 1.807) is 0 Å². The topological polar surface area (TPSA) is 46.2 Å². The van der Waals surface area contributed by atoms with Gasteiger partial charge in [-0.05, 0) is 18.8 Å². The van der Waals surface area contributed by atoms with Crippen molar-refractivity contribution in [2.24, 2.45) is 11.7 Å². The molecule has 1 fully saturated rings. The van der Waals surface area contributed by atoms with Crippen LogP contribution in [0.4, 0.5) is 0 Å². The highest BCUT2D eigenvalue weighted by molar-refractivity contribution is 4.75. The fraction of sp³-hybridized carbons (Fsp3) is 1.00. The highest BCUT2D eigenvalue weighted by atomic mass is 16.3. The van der Waals surface area contributed by atoms with E-state index in [4.69, 9.17) is 10.8 Å². The van der Waals surface area contributed by atoms with E-state index in [1.807, 2.05) is 0 Å². The summed E-state index contributed by atoms with van der Waals surface area (Å²) >= 11 is 0. The van der Waals surface area contributed by atoms with Crippen LogP contribution >= 0.6 is 0 Å². The Morgan fingerprint density at radius 3 is 2.40 bits per heavy atom. The minimum Gasteiger partial charge on any atom is -0.395 e. The first-order valence-electron chi connectivity index (χ1n) is 4.21. The number of rotatable bonds is 2. The van der Waals surface area contributed by atoms with Gasteiger partial charge in [-0.2, -0.15) is 0 Å². The summed E-state index contributed by atoms with van der Waals surface area (Å²) in [5, 5.41) is 8.76. The van der Waals surface area contributed by atoms with Gasteiger partial charge in [0.2, 0.25) is 0 Å². The third kappa shape index (κ3) is 1.96. The van der Waals surface area contributed by atoms with Crippen LogP contribution in [0.15, 0.2) is 0 Å². The molecule has 1 aliphatic carbocycles. The summed E-state index contributed by atoms with van der Waals surface area (Å²) in [7, 11) is 0. The van der Waals surface area contributed by atoms with Gasteiger partial charge in [-0.1, -0.05) is 19.3 Å². The zero-order chi connectivity index (χ0) is 7.40. The lowest BCUT2D eigenvalue weighted by molar-refractivity contribution is 0.198. The largest absolute Gasteiger partial charge is 0.395 e. The molecule has 1 rings (SSSR count). The van der Waals surface area contributed by atoms with Crippen molar-refractivity contribution in [2.45, 2.75) is 38.1 Å². The lowest BCUT2D eigenvalue weighted by Crippen LogP contribution is -2.34. The minimum absolute atomic E-state index is 0.0419. The molecule has 0 spiro atoms. The van der Waals surface area contributed by atoms with E-state index >= 15 is 0 Å². The second kappa shape index (κ2) is 3.94. The van der Waals surface area contributed by atoms with Crippen molar-refractivity contribution < 1.29 is 5.11 Å². The van der Waals surface area contributed by atoms with Crippen molar-refractivity contribution in [1.82, 2.24) is 0 Å². The second-order valence-electron chi connectivity index (χ2n) is 3.24. The predicted molar refractivity (Wildman–Crippen MR) is 41.6 cm³/mol. The highest BCUT2D eigenvalue weighted by Gasteiger charge is 2.18. The van der Waals surface area contributed by atoms with Crippen molar-refractivity contribution in [3.63, 3.8) is 0 Å². The second-order valence-corrected chi connectivity index (χ2v) is 3.24. The maximum absolute atomic E-state index is 8.76. The summed E-state index contributed by atoms with van der Waals surface area (Å²) in [5.41, 5.74) is 5.70. The summed E-state index contributed by atoms with van der Waals surface area (Å²) in [5.74, 6) is 0.596. The van der Waals surface area contributed by atoms with Crippen LogP contribution in [0.2, 0.25) is 0 Å². The van der Waals surface area contributed by atoms with Crippen LogP contribution < -0.4 is 5.73 Å². The van der Waals surface area contributed by atoms with Crippen LogP contribution in [-0.4, -0.2) is 17.8 Å². The number of hydrogen-bond donors (Lipinski definition) is 2. The first-order valence-corrected chi connectivity index (χ1v) is 4.21. The predicted octanol–water partition coefficient (Wildman–Crippen LogP) is 0.886. The fourth-order valence-electron chi connectivity index (χ4n) is 1.71. The Morgan fingerprint density at radius 1 is 1.30 bits per heavy atom. The first kappa shape index (κ1) is 8.02. The van der Waals surface area contributed by atoms with Gasteiger partial charge in [0.05, 0.1) is 6.61 Å². The minimum atomic E-state index is 0.0419. The maximum atomic E-state index is 8.76. The standard InChI is InChI=1S/C8H17NO/c9-8(6-10)7-4-2-1-3-5-7/h7-8,10H,1-6,9H2. The van der Waals surface area contributed by atoms with Crippen molar-refractivity contribution in [2.75, 3.05) is 6.61 Å². The Bertz CT molecular complexity index is 89.3. The molecule has 0 bridgehead atoms. The van der Waals surface area contributed by atoms with Gasteiger partial charge in [0.15, 0.2) is 0 Å². The maximum Gasteiger partial charge on any atom is 0.0585 e. The number of aliphatic hydroxyl groups excluding tert-OH is 1. The number of aliphatic hydroxyl groups is 1. The molecule has 0 aliphatic heterocycles.